The lowest BCUT2D eigenvalue weighted by Crippen LogP contribution is -2.52. The van der Waals surface area contributed by atoms with Crippen LogP contribution in [0.4, 0.5) is 5.69 Å². The number of piperazine rings is 1. The van der Waals surface area contributed by atoms with Gasteiger partial charge in [-0.3, -0.25) is 4.99 Å². The molecule has 0 spiro atoms. The van der Waals surface area contributed by atoms with Gasteiger partial charge in [-0.25, -0.2) is 0 Å². The highest BCUT2D eigenvalue weighted by atomic mass is 127. The fourth-order valence-electron chi connectivity index (χ4n) is 3.05. The van der Waals surface area contributed by atoms with Crippen LogP contribution >= 0.6 is 35.3 Å². The van der Waals surface area contributed by atoms with Gasteiger partial charge in [-0.05, 0) is 48.2 Å². The second kappa shape index (κ2) is 10.0. The van der Waals surface area contributed by atoms with Crippen molar-refractivity contribution in [1.82, 2.24) is 10.2 Å². The van der Waals surface area contributed by atoms with Crippen molar-refractivity contribution in [2.45, 2.75) is 13.5 Å². The quantitative estimate of drug-likeness (QED) is 0.408. The molecule has 5 nitrogen and oxygen atoms in total. The molecular weight excluding hydrogens is 459 g/mol. The summed E-state index contributed by atoms with van der Waals surface area (Å²) in [6.45, 7) is 6.92. The van der Waals surface area contributed by atoms with Gasteiger partial charge in [0.25, 0.3) is 0 Å². The second-order valence-electron chi connectivity index (χ2n) is 6.10. The highest BCUT2D eigenvalue weighted by Gasteiger charge is 2.20. The molecule has 0 aliphatic carbocycles. The number of guanidine groups is 1. The Hall–Kier alpha value is -1.48. The molecule has 2 aromatic rings. The first-order valence-corrected chi connectivity index (χ1v) is 9.47. The molecule has 7 heteroatoms. The van der Waals surface area contributed by atoms with Gasteiger partial charge in [-0.1, -0.05) is 0 Å². The smallest absolute Gasteiger partial charge is 0.194 e. The summed E-state index contributed by atoms with van der Waals surface area (Å²) in [4.78, 5) is 10.6. The molecule has 26 heavy (non-hydrogen) atoms. The summed E-state index contributed by atoms with van der Waals surface area (Å²) < 4.78 is 5.24. The summed E-state index contributed by atoms with van der Waals surface area (Å²) >= 11 is 1.79. The van der Waals surface area contributed by atoms with Crippen molar-refractivity contribution < 1.29 is 4.74 Å². The number of rotatable bonds is 4. The van der Waals surface area contributed by atoms with Gasteiger partial charge in [0.15, 0.2) is 5.96 Å². The number of benzene rings is 1. The largest absolute Gasteiger partial charge is 0.497 e. The first kappa shape index (κ1) is 20.8. The van der Waals surface area contributed by atoms with Gasteiger partial charge < -0.3 is 19.9 Å². The molecule has 142 valence electrons. The fraction of sp³-hybridized carbons (Fsp3) is 0.421. The van der Waals surface area contributed by atoms with Crippen molar-refractivity contribution in [2.75, 3.05) is 45.2 Å². The van der Waals surface area contributed by atoms with E-state index in [4.69, 9.17) is 4.74 Å². The molecule has 0 saturated carbocycles. The minimum absolute atomic E-state index is 0. The molecule has 1 N–H and O–H groups in total. The van der Waals surface area contributed by atoms with Crippen molar-refractivity contribution in [1.29, 1.82) is 0 Å². The first-order chi connectivity index (χ1) is 12.2. The maximum absolute atomic E-state index is 5.24. The number of aliphatic imine (C=N–C) groups is 1. The third kappa shape index (κ3) is 5.03. The number of anilines is 1. The number of hydrogen-bond donors (Lipinski definition) is 1. The third-order valence-corrected chi connectivity index (χ3v) is 5.63. The summed E-state index contributed by atoms with van der Waals surface area (Å²) in [5.41, 5.74) is 2.59. The van der Waals surface area contributed by atoms with Crippen LogP contribution in [0.25, 0.3) is 0 Å². The van der Waals surface area contributed by atoms with E-state index in [9.17, 15) is 0 Å². The van der Waals surface area contributed by atoms with Crippen LogP contribution in [-0.2, 0) is 6.54 Å². The molecule has 1 aromatic heterocycles. The Bertz CT molecular complexity index is 709. The van der Waals surface area contributed by atoms with Crippen LogP contribution in [0.5, 0.6) is 5.75 Å². The average Bonchev–Trinajstić information content (AvgIpc) is 3.08. The van der Waals surface area contributed by atoms with Crippen molar-refractivity contribution >= 4 is 47.0 Å². The fourth-order valence-corrected chi connectivity index (χ4v) is 3.89. The van der Waals surface area contributed by atoms with Gasteiger partial charge in [-0.2, -0.15) is 0 Å². The molecule has 1 aliphatic heterocycles. The van der Waals surface area contributed by atoms with E-state index >= 15 is 0 Å². The van der Waals surface area contributed by atoms with Crippen LogP contribution in [0.2, 0.25) is 0 Å². The molecular formula is C19H27IN4OS. The molecule has 1 saturated heterocycles. The van der Waals surface area contributed by atoms with Crippen LogP contribution in [0.3, 0.4) is 0 Å². The summed E-state index contributed by atoms with van der Waals surface area (Å²) in [7, 11) is 3.56. The monoisotopic (exact) mass is 486 g/mol. The van der Waals surface area contributed by atoms with Gasteiger partial charge >= 0.3 is 0 Å². The van der Waals surface area contributed by atoms with Crippen LogP contribution in [0, 0.1) is 6.92 Å². The van der Waals surface area contributed by atoms with Crippen molar-refractivity contribution in [3.05, 3.63) is 46.2 Å². The maximum atomic E-state index is 5.24. The topological polar surface area (TPSA) is 40.1 Å². The zero-order chi connectivity index (χ0) is 17.6. The number of nitrogens with one attached hydrogen (secondary N) is 1. The molecule has 0 bridgehead atoms. The number of methoxy groups -OCH3 is 1. The van der Waals surface area contributed by atoms with E-state index in [-0.39, 0.29) is 24.0 Å². The predicted octanol–water partition coefficient (Wildman–Crippen LogP) is 3.58. The number of aryl methyl sites for hydroxylation is 1. The molecule has 0 amide bonds. The lowest BCUT2D eigenvalue weighted by atomic mass is 10.2. The molecule has 0 atom stereocenters. The Kier molecular flexibility index (Phi) is 8.02. The van der Waals surface area contributed by atoms with E-state index in [1.807, 2.05) is 19.2 Å². The first-order valence-electron chi connectivity index (χ1n) is 8.59. The lowest BCUT2D eigenvalue weighted by Gasteiger charge is -2.37. The molecule has 2 heterocycles. The number of ether oxygens (including phenoxy) is 1. The lowest BCUT2D eigenvalue weighted by molar-refractivity contribution is 0.372. The van der Waals surface area contributed by atoms with Gasteiger partial charge in [0, 0.05) is 43.8 Å². The normalized spacial score (nSPS) is 14.8. The summed E-state index contributed by atoms with van der Waals surface area (Å²) in [5.74, 6) is 1.89. The van der Waals surface area contributed by atoms with E-state index in [2.05, 4.69) is 50.6 Å². The summed E-state index contributed by atoms with van der Waals surface area (Å²) in [6.07, 6.45) is 0. The molecule has 3 rings (SSSR count). The Morgan fingerprint density at radius 3 is 2.38 bits per heavy atom. The third-order valence-electron chi connectivity index (χ3n) is 4.60. The SMILES string of the molecule is CN=C(NCc1sccc1C)N1CCN(c2ccc(OC)cc2)CC1.I. The van der Waals surface area contributed by atoms with Gasteiger partial charge in [0.1, 0.15) is 5.75 Å². The Morgan fingerprint density at radius 2 is 1.85 bits per heavy atom. The van der Waals surface area contributed by atoms with E-state index < -0.39 is 0 Å². The average molecular weight is 486 g/mol. The number of halogens is 1. The minimum atomic E-state index is 0. The van der Waals surface area contributed by atoms with Crippen LogP contribution in [-0.4, -0.2) is 51.2 Å². The highest BCUT2D eigenvalue weighted by molar-refractivity contribution is 14.0. The Balaban J connectivity index is 0.00000243. The minimum Gasteiger partial charge on any atom is -0.497 e. The molecule has 1 aromatic carbocycles. The number of thiophene rings is 1. The summed E-state index contributed by atoms with van der Waals surface area (Å²) in [6, 6.07) is 10.5. The Morgan fingerprint density at radius 1 is 1.15 bits per heavy atom. The van der Waals surface area contributed by atoms with E-state index in [1.165, 1.54) is 16.1 Å². The molecule has 1 fully saturated rings. The van der Waals surface area contributed by atoms with Crippen LogP contribution in [0.1, 0.15) is 10.4 Å². The number of hydrogen-bond acceptors (Lipinski definition) is 4. The van der Waals surface area contributed by atoms with Crippen LogP contribution < -0.4 is 15.0 Å². The zero-order valence-electron chi connectivity index (χ0n) is 15.6. The summed E-state index contributed by atoms with van der Waals surface area (Å²) in [5, 5.41) is 5.64. The molecule has 0 radical (unpaired) electrons. The molecule has 0 unspecified atom stereocenters. The van der Waals surface area contributed by atoms with Crippen molar-refractivity contribution in [3.8, 4) is 5.75 Å². The van der Waals surface area contributed by atoms with Gasteiger partial charge in [0.2, 0.25) is 0 Å². The maximum Gasteiger partial charge on any atom is 0.194 e. The Labute approximate surface area is 177 Å². The van der Waals surface area contributed by atoms with E-state index in [0.29, 0.717) is 0 Å². The van der Waals surface area contributed by atoms with Gasteiger partial charge in [0.05, 0.1) is 13.7 Å². The number of nitrogens with zero attached hydrogens (tertiary/aromatic N) is 3. The van der Waals surface area contributed by atoms with E-state index in [1.54, 1.807) is 18.4 Å². The standard InChI is InChI=1S/C19H26N4OS.HI/c1-15-8-13-25-18(15)14-21-19(20-2)23-11-9-22(10-12-23)16-4-6-17(24-3)7-5-16;/h4-8,13H,9-12,14H2,1-3H3,(H,20,21);1H. The van der Waals surface area contributed by atoms with Gasteiger partial charge in [-0.15, -0.1) is 35.3 Å². The second-order valence-corrected chi connectivity index (χ2v) is 7.10. The van der Waals surface area contributed by atoms with Crippen molar-refractivity contribution in [3.63, 3.8) is 0 Å². The predicted molar refractivity (Wildman–Crippen MR) is 121 cm³/mol. The van der Waals surface area contributed by atoms with Crippen LogP contribution in [0.15, 0.2) is 40.7 Å². The molecule has 1 aliphatic rings. The highest BCUT2D eigenvalue weighted by Crippen LogP contribution is 2.20. The zero-order valence-corrected chi connectivity index (χ0v) is 18.7. The van der Waals surface area contributed by atoms with E-state index in [0.717, 1.165) is 44.4 Å². The van der Waals surface area contributed by atoms with Crippen molar-refractivity contribution in [2.24, 2.45) is 4.99 Å².